The van der Waals surface area contributed by atoms with E-state index in [4.69, 9.17) is 16.3 Å². The smallest absolute Gasteiger partial charge is 0.291 e. The third-order valence-electron chi connectivity index (χ3n) is 4.91. The van der Waals surface area contributed by atoms with Crippen LogP contribution in [0.2, 0.25) is 5.02 Å². The highest BCUT2D eigenvalue weighted by molar-refractivity contribution is 6.30. The third-order valence-corrected chi connectivity index (χ3v) is 5.15. The van der Waals surface area contributed by atoms with Gasteiger partial charge in [-0.05, 0) is 68.0 Å². The molecule has 1 heterocycles. The van der Waals surface area contributed by atoms with Crippen LogP contribution in [-0.4, -0.2) is 42.9 Å². The van der Waals surface area contributed by atoms with Crippen molar-refractivity contribution >= 4 is 35.2 Å². The molecule has 0 aromatic heterocycles. The van der Waals surface area contributed by atoms with Gasteiger partial charge in [0, 0.05) is 17.1 Å². The van der Waals surface area contributed by atoms with Crippen LogP contribution in [0.5, 0.6) is 5.75 Å². The molecule has 1 aliphatic rings. The number of hydrogen-bond donors (Lipinski definition) is 2. The summed E-state index contributed by atoms with van der Waals surface area (Å²) in [5.74, 6) is 0.102. The van der Waals surface area contributed by atoms with Crippen molar-refractivity contribution in [1.82, 2.24) is 10.2 Å². The fourth-order valence-electron chi connectivity index (χ4n) is 3.20. The van der Waals surface area contributed by atoms with Gasteiger partial charge >= 0.3 is 0 Å². The fraction of sp³-hybridized carbons (Fsp3) is 0.304. The van der Waals surface area contributed by atoms with Crippen LogP contribution in [-0.2, 0) is 4.79 Å². The molecule has 2 amide bonds. The first-order chi connectivity index (χ1) is 14.5. The fourth-order valence-corrected chi connectivity index (χ4v) is 3.39. The average Bonchev–Trinajstić information content (AvgIpc) is 2.74. The zero-order valence-corrected chi connectivity index (χ0v) is 18.0. The normalized spacial score (nSPS) is 14.3. The van der Waals surface area contributed by atoms with Gasteiger partial charge in [-0.25, -0.2) is 0 Å². The molecule has 0 unspecified atom stereocenters. The summed E-state index contributed by atoms with van der Waals surface area (Å²) in [6, 6.07) is 12.1. The van der Waals surface area contributed by atoms with Crippen LogP contribution in [0.15, 0.2) is 48.2 Å². The molecule has 0 radical (unpaired) electrons. The number of benzene rings is 2. The number of nitrogens with zero attached hydrogens (tertiary/aromatic N) is 1. The predicted molar refractivity (Wildman–Crippen MR) is 120 cm³/mol. The van der Waals surface area contributed by atoms with Crippen molar-refractivity contribution in [1.29, 1.82) is 0 Å². The molecular weight excluding hydrogens is 402 g/mol. The van der Waals surface area contributed by atoms with E-state index in [0.717, 1.165) is 31.6 Å². The van der Waals surface area contributed by atoms with E-state index in [9.17, 15) is 9.59 Å². The number of fused-ring (bicyclic) bond motifs is 1. The minimum atomic E-state index is -0.376. The summed E-state index contributed by atoms with van der Waals surface area (Å²) in [5, 5.41) is 6.29. The minimum absolute atomic E-state index is 0.165. The van der Waals surface area contributed by atoms with Gasteiger partial charge in [-0.3, -0.25) is 9.59 Å². The number of rotatable bonds is 8. The van der Waals surface area contributed by atoms with Gasteiger partial charge in [0.2, 0.25) is 0 Å². The largest absolute Gasteiger partial charge is 0.449 e. The second-order valence-corrected chi connectivity index (χ2v) is 7.40. The van der Waals surface area contributed by atoms with Gasteiger partial charge in [0.15, 0.2) is 11.5 Å². The zero-order chi connectivity index (χ0) is 21.5. The summed E-state index contributed by atoms with van der Waals surface area (Å²) in [4.78, 5) is 27.2. The summed E-state index contributed by atoms with van der Waals surface area (Å²) < 4.78 is 5.74. The topological polar surface area (TPSA) is 70.7 Å². The molecule has 7 heteroatoms. The van der Waals surface area contributed by atoms with Crippen molar-refractivity contribution in [2.24, 2.45) is 0 Å². The number of carbonyl (C=O) groups excluding carboxylic acids is 2. The number of ether oxygens (including phenoxy) is 1. The van der Waals surface area contributed by atoms with Gasteiger partial charge in [-0.1, -0.05) is 37.6 Å². The number of halogens is 1. The Hall–Kier alpha value is -2.83. The molecule has 2 N–H and O–H groups in total. The molecule has 0 bridgehead atoms. The van der Waals surface area contributed by atoms with Crippen molar-refractivity contribution in [3.8, 4) is 5.75 Å². The van der Waals surface area contributed by atoms with Crippen LogP contribution in [0.3, 0.4) is 0 Å². The monoisotopic (exact) mass is 427 g/mol. The molecule has 0 aliphatic carbocycles. The highest BCUT2D eigenvalue weighted by Crippen LogP contribution is 2.32. The maximum absolute atomic E-state index is 12.4. The van der Waals surface area contributed by atoms with Crippen molar-refractivity contribution in [2.75, 3.05) is 31.5 Å². The highest BCUT2D eigenvalue weighted by atomic mass is 35.5. The lowest BCUT2D eigenvalue weighted by molar-refractivity contribution is -0.115. The summed E-state index contributed by atoms with van der Waals surface area (Å²) in [6.45, 7) is 7.80. The van der Waals surface area contributed by atoms with Crippen molar-refractivity contribution in [2.45, 2.75) is 20.3 Å². The molecule has 3 rings (SSSR count). The first-order valence-corrected chi connectivity index (χ1v) is 10.5. The number of carbonyl (C=O) groups is 2. The van der Waals surface area contributed by atoms with E-state index in [1.807, 2.05) is 6.07 Å². The van der Waals surface area contributed by atoms with Gasteiger partial charge in [0.05, 0.1) is 5.69 Å². The van der Waals surface area contributed by atoms with Crippen LogP contribution in [0.4, 0.5) is 5.69 Å². The molecule has 2 aromatic carbocycles. The minimum Gasteiger partial charge on any atom is -0.449 e. The van der Waals surface area contributed by atoms with Crippen molar-refractivity contribution in [3.05, 3.63) is 64.4 Å². The maximum Gasteiger partial charge on any atom is 0.291 e. The lowest BCUT2D eigenvalue weighted by Gasteiger charge is -2.21. The molecule has 0 atom stereocenters. The van der Waals surface area contributed by atoms with E-state index in [1.165, 1.54) is 0 Å². The standard InChI is InChI=1S/C23H26ClN3O3/c1-3-27(4-2)12-6-11-25-22(28)17-9-10-20-19(15-17)26-23(29)21(30-20)14-16-7-5-8-18(24)13-16/h5,7-10,13-15H,3-4,6,11-12H2,1-2H3,(H,25,28)(H,26,29). The van der Waals surface area contributed by atoms with E-state index in [-0.39, 0.29) is 17.6 Å². The summed E-state index contributed by atoms with van der Waals surface area (Å²) in [5.41, 5.74) is 1.71. The van der Waals surface area contributed by atoms with Crippen LogP contribution in [0.1, 0.15) is 36.2 Å². The quantitative estimate of drug-likeness (QED) is 0.490. The summed E-state index contributed by atoms with van der Waals surface area (Å²) in [6.07, 6.45) is 2.51. The molecule has 0 fully saturated rings. The molecule has 2 aromatic rings. The predicted octanol–water partition coefficient (Wildman–Crippen LogP) is 4.17. The molecule has 6 nitrogen and oxygen atoms in total. The van der Waals surface area contributed by atoms with Crippen LogP contribution < -0.4 is 15.4 Å². The summed E-state index contributed by atoms with van der Waals surface area (Å²) in [7, 11) is 0. The first-order valence-electron chi connectivity index (χ1n) is 10.1. The van der Waals surface area contributed by atoms with Gasteiger partial charge < -0.3 is 20.3 Å². The molecule has 30 heavy (non-hydrogen) atoms. The lowest BCUT2D eigenvalue weighted by Crippen LogP contribution is -2.30. The van der Waals surface area contributed by atoms with E-state index < -0.39 is 0 Å². The lowest BCUT2D eigenvalue weighted by atomic mass is 10.1. The first kappa shape index (κ1) is 21.9. The van der Waals surface area contributed by atoms with E-state index >= 15 is 0 Å². The molecule has 1 aliphatic heterocycles. The van der Waals surface area contributed by atoms with E-state index in [1.54, 1.807) is 42.5 Å². The van der Waals surface area contributed by atoms with Crippen LogP contribution >= 0.6 is 11.6 Å². The van der Waals surface area contributed by atoms with Gasteiger partial charge in [-0.15, -0.1) is 0 Å². The van der Waals surface area contributed by atoms with E-state index in [0.29, 0.717) is 28.6 Å². The number of anilines is 1. The van der Waals surface area contributed by atoms with Crippen LogP contribution in [0, 0.1) is 0 Å². The molecule has 0 saturated heterocycles. The Bertz CT molecular complexity index is 954. The zero-order valence-electron chi connectivity index (χ0n) is 17.2. The van der Waals surface area contributed by atoms with E-state index in [2.05, 4.69) is 29.4 Å². The van der Waals surface area contributed by atoms with Gasteiger partial charge in [-0.2, -0.15) is 0 Å². The number of amides is 2. The van der Waals surface area contributed by atoms with Gasteiger partial charge in [0.25, 0.3) is 11.8 Å². The maximum atomic E-state index is 12.4. The Balaban J connectivity index is 1.63. The Morgan fingerprint density at radius 3 is 2.73 bits per heavy atom. The Kier molecular flexibility index (Phi) is 7.49. The Labute approximate surface area is 181 Å². The average molecular weight is 428 g/mol. The third kappa shape index (κ3) is 5.62. The summed E-state index contributed by atoms with van der Waals surface area (Å²) >= 11 is 5.99. The molecule has 0 saturated carbocycles. The molecule has 0 spiro atoms. The molecule has 158 valence electrons. The van der Waals surface area contributed by atoms with Gasteiger partial charge in [0.1, 0.15) is 0 Å². The van der Waals surface area contributed by atoms with Crippen molar-refractivity contribution < 1.29 is 14.3 Å². The second kappa shape index (κ2) is 10.3. The second-order valence-electron chi connectivity index (χ2n) is 6.97. The van der Waals surface area contributed by atoms with Crippen LogP contribution in [0.25, 0.3) is 6.08 Å². The number of hydrogen-bond acceptors (Lipinski definition) is 4. The highest BCUT2D eigenvalue weighted by Gasteiger charge is 2.23. The number of nitrogens with one attached hydrogen (secondary N) is 2. The Morgan fingerprint density at radius 1 is 1.20 bits per heavy atom. The molecular formula is C23H26ClN3O3. The SMILES string of the molecule is CCN(CC)CCCNC(=O)c1ccc2c(c1)NC(=O)C(=Cc1cccc(Cl)c1)O2. The van der Waals surface area contributed by atoms with Crippen molar-refractivity contribution in [3.63, 3.8) is 0 Å². The Morgan fingerprint density at radius 2 is 2.00 bits per heavy atom.